The van der Waals surface area contributed by atoms with Crippen LogP contribution in [-0.2, 0) is 6.54 Å². The first-order chi connectivity index (χ1) is 7.45. The van der Waals surface area contributed by atoms with Gasteiger partial charge in [0.25, 0.3) is 0 Å². The second-order valence-corrected chi connectivity index (χ2v) is 5.30. The maximum atomic E-state index is 13.4. The Kier molecular flexibility index (Phi) is 4.48. The SMILES string of the molecule is CC[C@H](NCc1ccccc1F)C(C)(C)C. The first kappa shape index (κ1) is 13.2. The molecule has 1 aromatic carbocycles. The average molecular weight is 223 g/mol. The summed E-state index contributed by atoms with van der Waals surface area (Å²) in [7, 11) is 0. The number of halogens is 1. The summed E-state index contributed by atoms with van der Waals surface area (Å²) in [5.74, 6) is -0.126. The van der Waals surface area contributed by atoms with Crippen LogP contribution in [0.4, 0.5) is 4.39 Å². The second-order valence-electron chi connectivity index (χ2n) is 5.30. The van der Waals surface area contributed by atoms with Gasteiger partial charge in [0.05, 0.1) is 0 Å². The fourth-order valence-electron chi connectivity index (χ4n) is 1.94. The summed E-state index contributed by atoms with van der Waals surface area (Å²) in [6.45, 7) is 9.37. The quantitative estimate of drug-likeness (QED) is 0.820. The highest BCUT2D eigenvalue weighted by Crippen LogP contribution is 2.22. The number of nitrogens with one attached hydrogen (secondary N) is 1. The molecule has 0 aliphatic rings. The van der Waals surface area contributed by atoms with Crippen molar-refractivity contribution in [1.29, 1.82) is 0 Å². The Balaban J connectivity index is 2.60. The van der Waals surface area contributed by atoms with E-state index in [4.69, 9.17) is 0 Å². The van der Waals surface area contributed by atoms with Gasteiger partial charge in [0.2, 0.25) is 0 Å². The Labute approximate surface area is 98.1 Å². The molecule has 0 radical (unpaired) electrons. The molecule has 0 aromatic heterocycles. The molecule has 0 fully saturated rings. The van der Waals surface area contributed by atoms with Crippen molar-refractivity contribution in [2.45, 2.75) is 46.7 Å². The fourth-order valence-corrected chi connectivity index (χ4v) is 1.94. The van der Waals surface area contributed by atoms with Crippen LogP contribution >= 0.6 is 0 Å². The van der Waals surface area contributed by atoms with Crippen molar-refractivity contribution in [3.63, 3.8) is 0 Å². The third-order valence-electron chi connectivity index (χ3n) is 2.95. The molecule has 1 atom stereocenters. The lowest BCUT2D eigenvalue weighted by molar-refractivity contribution is 0.259. The first-order valence-corrected chi connectivity index (χ1v) is 5.92. The van der Waals surface area contributed by atoms with Crippen LogP contribution in [0.5, 0.6) is 0 Å². The Bertz CT molecular complexity index is 328. The van der Waals surface area contributed by atoms with E-state index in [9.17, 15) is 4.39 Å². The van der Waals surface area contributed by atoms with E-state index >= 15 is 0 Å². The van der Waals surface area contributed by atoms with Crippen LogP contribution in [0.2, 0.25) is 0 Å². The Morgan fingerprint density at radius 2 is 1.88 bits per heavy atom. The van der Waals surface area contributed by atoms with Gasteiger partial charge in [0.1, 0.15) is 5.82 Å². The summed E-state index contributed by atoms with van der Waals surface area (Å²) < 4.78 is 13.4. The normalized spacial score (nSPS) is 13.8. The van der Waals surface area contributed by atoms with Crippen LogP contribution < -0.4 is 5.32 Å². The van der Waals surface area contributed by atoms with Gasteiger partial charge in [-0.25, -0.2) is 4.39 Å². The molecule has 0 unspecified atom stereocenters. The van der Waals surface area contributed by atoms with E-state index < -0.39 is 0 Å². The van der Waals surface area contributed by atoms with E-state index in [1.807, 2.05) is 12.1 Å². The zero-order valence-corrected chi connectivity index (χ0v) is 10.7. The maximum absolute atomic E-state index is 13.4. The van der Waals surface area contributed by atoms with Gasteiger partial charge in [0.15, 0.2) is 0 Å². The highest BCUT2D eigenvalue weighted by molar-refractivity contribution is 5.17. The van der Waals surface area contributed by atoms with Gasteiger partial charge in [-0.1, -0.05) is 45.9 Å². The van der Waals surface area contributed by atoms with E-state index in [1.165, 1.54) is 6.07 Å². The van der Waals surface area contributed by atoms with E-state index in [2.05, 4.69) is 33.0 Å². The molecule has 2 heteroatoms. The van der Waals surface area contributed by atoms with Crippen LogP contribution in [0.3, 0.4) is 0 Å². The molecule has 0 amide bonds. The summed E-state index contributed by atoms with van der Waals surface area (Å²) in [5.41, 5.74) is 0.949. The molecular weight excluding hydrogens is 201 g/mol. The number of hydrogen-bond donors (Lipinski definition) is 1. The molecule has 0 saturated heterocycles. The van der Waals surface area contributed by atoms with Crippen LogP contribution in [0.25, 0.3) is 0 Å². The summed E-state index contributed by atoms with van der Waals surface area (Å²) in [6.07, 6.45) is 1.05. The van der Waals surface area contributed by atoms with Crippen molar-refractivity contribution < 1.29 is 4.39 Å². The molecule has 1 rings (SSSR count). The maximum Gasteiger partial charge on any atom is 0.127 e. The summed E-state index contributed by atoms with van der Waals surface area (Å²) in [6, 6.07) is 7.34. The standard InChI is InChI=1S/C14H22FN/c1-5-13(14(2,3)4)16-10-11-8-6-7-9-12(11)15/h6-9,13,16H,5,10H2,1-4H3/t13-/m0/s1. The predicted octanol–water partition coefficient (Wildman–Crippen LogP) is 3.74. The van der Waals surface area contributed by atoms with E-state index in [0.717, 1.165) is 12.0 Å². The third-order valence-corrected chi connectivity index (χ3v) is 2.95. The fraction of sp³-hybridized carbons (Fsp3) is 0.571. The van der Waals surface area contributed by atoms with Crippen LogP contribution in [0.1, 0.15) is 39.7 Å². The monoisotopic (exact) mass is 223 g/mol. The number of benzene rings is 1. The predicted molar refractivity (Wildman–Crippen MR) is 66.8 cm³/mol. The molecule has 0 saturated carbocycles. The third kappa shape index (κ3) is 3.60. The van der Waals surface area contributed by atoms with Crippen LogP contribution in [0, 0.1) is 11.2 Å². The van der Waals surface area contributed by atoms with E-state index in [1.54, 1.807) is 6.07 Å². The van der Waals surface area contributed by atoms with Crippen molar-refractivity contribution >= 4 is 0 Å². The molecule has 1 N–H and O–H groups in total. The summed E-state index contributed by atoms with van der Waals surface area (Å²) >= 11 is 0. The Morgan fingerprint density at radius 1 is 1.25 bits per heavy atom. The minimum Gasteiger partial charge on any atom is -0.309 e. The first-order valence-electron chi connectivity index (χ1n) is 5.92. The molecule has 0 spiro atoms. The van der Waals surface area contributed by atoms with Gasteiger partial charge in [-0.15, -0.1) is 0 Å². The van der Waals surface area contributed by atoms with Gasteiger partial charge in [-0.05, 0) is 17.9 Å². The van der Waals surface area contributed by atoms with Crippen LogP contribution in [-0.4, -0.2) is 6.04 Å². The highest BCUT2D eigenvalue weighted by atomic mass is 19.1. The summed E-state index contributed by atoms with van der Waals surface area (Å²) in [4.78, 5) is 0. The lowest BCUT2D eigenvalue weighted by Crippen LogP contribution is -2.39. The smallest absolute Gasteiger partial charge is 0.127 e. The molecule has 1 aromatic rings. The van der Waals surface area contributed by atoms with Crippen LogP contribution in [0.15, 0.2) is 24.3 Å². The zero-order chi connectivity index (χ0) is 12.2. The largest absolute Gasteiger partial charge is 0.309 e. The lowest BCUT2D eigenvalue weighted by atomic mass is 9.85. The minimum atomic E-state index is -0.126. The molecule has 90 valence electrons. The molecule has 16 heavy (non-hydrogen) atoms. The van der Waals surface area contributed by atoms with Crippen molar-refractivity contribution in [3.05, 3.63) is 35.6 Å². The molecule has 1 nitrogen and oxygen atoms in total. The van der Waals surface area contributed by atoms with Gasteiger partial charge in [-0.2, -0.15) is 0 Å². The lowest BCUT2D eigenvalue weighted by Gasteiger charge is -2.31. The molecule has 0 aliphatic carbocycles. The van der Waals surface area contributed by atoms with Gasteiger partial charge in [-0.3, -0.25) is 0 Å². The van der Waals surface area contributed by atoms with Gasteiger partial charge >= 0.3 is 0 Å². The molecular formula is C14H22FN. The highest BCUT2D eigenvalue weighted by Gasteiger charge is 2.22. The van der Waals surface area contributed by atoms with E-state index in [-0.39, 0.29) is 11.2 Å². The zero-order valence-electron chi connectivity index (χ0n) is 10.7. The Morgan fingerprint density at radius 3 is 2.38 bits per heavy atom. The number of rotatable bonds is 4. The Hall–Kier alpha value is -0.890. The molecule has 0 heterocycles. The van der Waals surface area contributed by atoms with E-state index in [0.29, 0.717) is 12.6 Å². The van der Waals surface area contributed by atoms with Gasteiger partial charge < -0.3 is 5.32 Å². The summed E-state index contributed by atoms with van der Waals surface area (Å²) in [5, 5.41) is 3.43. The van der Waals surface area contributed by atoms with Crippen molar-refractivity contribution in [1.82, 2.24) is 5.32 Å². The average Bonchev–Trinajstić information content (AvgIpc) is 2.19. The molecule has 0 bridgehead atoms. The van der Waals surface area contributed by atoms with Crippen molar-refractivity contribution in [2.75, 3.05) is 0 Å². The topological polar surface area (TPSA) is 12.0 Å². The van der Waals surface area contributed by atoms with Crippen molar-refractivity contribution in [3.8, 4) is 0 Å². The minimum absolute atomic E-state index is 0.126. The second kappa shape index (κ2) is 5.44. The van der Waals surface area contributed by atoms with Crippen molar-refractivity contribution in [2.24, 2.45) is 5.41 Å². The number of hydrogen-bond acceptors (Lipinski definition) is 1. The van der Waals surface area contributed by atoms with Gasteiger partial charge in [0, 0.05) is 18.2 Å². The molecule has 0 aliphatic heterocycles.